The summed E-state index contributed by atoms with van der Waals surface area (Å²) in [6, 6.07) is 0.0866. The summed E-state index contributed by atoms with van der Waals surface area (Å²) in [7, 11) is 0. The van der Waals surface area contributed by atoms with Gasteiger partial charge in [-0.15, -0.1) is 0 Å². The molecule has 3 aliphatic rings. The third kappa shape index (κ3) is 3.64. The fourth-order valence-electron chi connectivity index (χ4n) is 5.05. The molecule has 3 fully saturated rings. The Morgan fingerprint density at radius 3 is 2.79 bits per heavy atom. The Bertz CT molecular complexity index is 979. The van der Waals surface area contributed by atoms with Gasteiger partial charge in [0.2, 0.25) is 5.28 Å². The molecule has 1 spiro atoms. The first kappa shape index (κ1) is 19.6. The first-order chi connectivity index (χ1) is 14.0. The van der Waals surface area contributed by atoms with Crippen molar-refractivity contribution in [3.8, 4) is 0 Å². The van der Waals surface area contributed by atoms with Crippen LogP contribution in [-0.4, -0.2) is 49.2 Å². The number of anilines is 1. The molecule has 7 nitrogen and oxygen atoms in total. The van der Waals surface area contributed by atoms with E-state index in [4.69, 9.17) is 11.6 Å². The summed E-state index contributed by atoms with van der Waals surface area (Å²) in [6.45, 7) is 7.50. The highest BCUT2D eigenvalue weighted by molar-refractivity contribution is 7.97. The molecule has 29 heavy (non-hydrogen) atoms. The summed E-state index contributed by atoms with van der Waals surface area (Å²) in [5, 5.41) is 3.49. The van der Waals surface area contributed by atoms with Crippen LogP contribution in [0.15, 0.2) is 11.0 Å². The second-order valence-electron chi connectivity index (χ2n) is 8.93. The van der Waals surface area contributed by atoms with Crippen molar-refractivity contribution in [1.29, 1.82) is 0 Å². The number of fused-ring (bicyclic) bond motifs is 1. The molecule has 5 rings (SSSR count). The van der Waals surface area contributed by atoms with Crippen molar-refractivity contribution in [2.24, 2.45) is 17.3 Å². The molecule has 9 heteroatoms. The number of rotatable bonds is 7. The van der Waals surface area contributed by atoms with Gasteiger partial charge in [-0.3, -0.25) is 9.36 Å². The Morgan fingerprint density at radius 1 is 1.34 bits per heavy atom. The lowest BCUT2D eigenvalue weighted by Gasteiger charge is -2.58. The molecule has 1 N–H and O–H groups in total. The van der Waals surface area contributed by atoms with E-state index in [1.165, 1.54) is 25.9 Å². The summed E-state index contributed by atoms with van der Waals surface area (Å²) < 4.78 is 4.24. The molecule has 2 aromatic rings. The highest BCUT2D eigenvalue weighted by atomic mass is 35.5. The lowest BCUT2D eigenvalue weighted by atomic mass is 9.58. The van der Waals surface area contributed by atoms with E-state index in [1.54, 1.807) is 10.8 Å². The highest BCUT2D eigenvalue weighted by Crippen LogP contribution is 2.53. The lowest BCUT2D eigenvalue weighted by Crippen LogP contribution is -2.60. The van der Waals surface area contributed by atoms with Gasteiger partial charge in [-0.25, -0.2) is 14.3 Å². The lowest BCUT2D eigenvalue weighted by molar-refractivity contribution is -0.0428. The summed E-state index contributed by atoms with van der Waals surface area (Å²) in [5.41, 5.74) is 1.57. The SMILES string of the molecule is CCSN1CC2(CC(CNc3nc4cnc(Cl)nc4n(C(C)C4CC4)c3=O)C2)C1. The number of nitrogens with one attached hydrogen (secondary N) is 1. The normalized spacial score (nSPS) is 22.4. The maximum atomic E-state index is 13.2. The topological polar surface area (TPSA) is 75.9 Å². The van der Waals surface area contributed by atoms with Gasteiger partial charge in [0.05, 0.1) is 6.20 Å². The molecule has 0 aromatic carbocycles. The van der Waals surface area contributed by atoms with Crippen LogP contribution in [0.5, 0.6) is 0 Å². The van der Waals surface area contributed by atoms with E-state index in [0.29, 0.717) is 34.2 Å². The van der Waals surface area contributed by atoms with Gasteiger partial charge in [-0.2, -0.15) is 4.98 Å². The molecule has 0 bridgehead atoms. The predicted octanol–water partition coefficient (Wildman–Crippen LogP) is 3.60. The maximum Gasteiger partial charge on any atom is 0.295 e. The standard InChI is InChI=1S/C20H27ClN6OS/c1-3-29-26-10-20(11-26)6-13(7-20)8-22-16-18(28)27(12(2)14-4-5-14)17-15(24-16)9-23-19(21)25-17/h9,12-14H,3-8,10-11H2,1-2H3,(H,22,24). The second kappa shape index (κ2) is 7.39. The van der Waals surface area contributed by atoms with Gasteiger partial charge in [-0.1, -0.05) is 18.9 Å². The van der Waals surface area contributed by atoms with Gasteiger partial charge < -0.3 is 5.32 Å². The smallest absolute Gasteiger partial charge is 0.295 e. The van der Waals surface area contributed by atoms with Gasteiger partial charge >= 0.3 is 0 Å². The average molecular weight is 435 g/mol. The molecule has 1 saturated heterocycles. The third-order valence-corrected chi connectivity index (χ3v) is 7.71. The van der Waals surface area contributed by atoms with Crippen molar-refractivity contribution in [3.63, 3.8) is 0 Å². The molecular weight excluding hydrogens is 408 g/mol. The number of aromatic nitrogens is 4. The van der Waals surface area contributed by atoms with Crippen molar-refractivity contribution < 1.29 is 0 Å². The van der Waals surface area contributed by atoms with Crippen LogP contribution >= 0.6 is 23.5 Å². The first-order valence-corrected chi connectivity index (χ1v) is 11.9. The minimum Gasteiger partial charge on any atom is -0.365 e. The van der Waals surface area contributed by atoms with Crippen LogP contribution in [0.4, 0.5) is 5.82 Å². The molecule has 156 valence electrons. The van der Waals surface area contributed by atoms with E-state index in [1.807, 2.05) is 11.9 Å². The molecular formula is C20H27ClN6OS. The Hall–Kier alpha value is -1.38. The Kier molecular flexibility index (Phi) is 4.99. The third-order valence-electron chi connectivity index (χ3n) is 6.65. The van der Waals surface area contributed by atoms with Crippen molar-refractivity contribution in [3.05, 3.63) is 21.8 Å². The van der Waals surface area contributed by atoms with Crippen LogP contribution in [0.3, 0.4) is 0 Å². The van der Waals surface area contributed by atoms with Gasteiger partial charge in [-0.05, 0) is 61.5 Å². The molecule has 0 radical (unpaired) electrons. The average Bonchev–Trinajstić information content (AvgIpc) is 3.47. The fraction of sp³-hybridized carbons (Fsp3) is 0.700. The minimum atomic E-state index is -0.102. The van der Waals surface area contributed by atoms with Crippen LogP contribution < -0.4 is 10.9 Å². The van der Waals surface area contributed by atoms with Gasteiger partial charge in [0.25, 0.3) is 5.56 Å². The minimum absolute atomic E-state index is 0.0866. The maximum absolute atomic E-state index is 13.2. The number of hydrogen-bond acceptors (Lipinski definition) is 7. The van der Waals surface area contributed by atoms with E-state index in [2.05, 4.69) is 38.4 Å². The van der Waals surface area contributed by atoms with E-state index in [0.717, 1.165) is 25.1 Å². The number of nitrogens with zero attached hydrogens (tertiary/aromatic N) is 5. The zero-order chi connectivity index (χ0) is 20.2. The largest absolute Gasteiger partial charge is 0.365 e. The second-order valence-corrected chi connectivity index (χ2v) is 10.6. The first-order valence-electron chi connectivity index (χ1n) is 10.5. The molecule has 0 amide bonds. The zero-order valence-electron chi connectivity index (χ0n) is 16.9. The van der Waals surface area contributed by atoms with E-state index >= 15 is 0 Å². The zero-order valence-corrected chi connectivity index (χ0v) is 18.5. The highest BCUT2D eigenvalue weighted by Gasteiger charge is 2.52. The van der Waals surface area contributed by atoms with Crippen molar-refractivity contribution >= 4 is 40.5 Å². The Balaban J connectivity index is 1.31. The quantitative estimate of drug-likeness (QED) is 0.527. The van der Waals surface area contributed by atoms with Gasteiger partial charge in [0.1, 0.15) is 5.52 Å². The predicted molar refractivity (Wildman–Crippen MR) is 117 cm³/mol. The molecule has 1 atom stereocenters. The molecule has 2 saturated carbocycles. The molecule has 2 aromatic heterocycles. The van der Waals surface area contributed by atoms with Gasteiger partial charge in [0, 0.05) is 31.4 Å². The van der Waals surface area contributed by atoms with Crippen LogP contribution in [0.25, 0.3) is 11.2 Å². The van der Waals surface area contributed by atoms with E-state index in [9.17, 15) is 4.79 Å². The molecule has 1 aliphatic heterocycles. The monoisotopic (exact) mass is 434 g/mol. The Labute approximate surface area is 179 Å². The van der Waals surface area contributed by atoms with Crippen molar-refractivity contribution in [1.82, 2.24) is 23.8 Å². The van der Waals surface area contributed by atoms with E-state index in [-0.39, 0.29) is 16.9 Å². The summed E-state index contributed by atoms with van der Waals surface area (Å²) >= 11 is 7.94. The van der Waals surface area contributed by atoms with E-state index < -0.39 is 0 Å². The number of hydrogen-bond donors (Lipinski definition) is 1. The number of halogens is 1. The van der Waals surface area contributed by atoms with Crippen LogP contribution in [-0.2, 0) is 0 Å². The van der Waals surface area contributed by atoms with Crippen molar-refractivity contribution in [2.75, 3.05) is 30.7 Å². The summed E-state index contributed by atoms with van der Waals surface area (Å²) in [5.74, 6) is 2.69. The van der Waals surface area contributed by atoms with Gasteiger partial charge in [0.15, 0.2) is 11.5 Å². The van der Waals surface area contributed by atoms with Crippen LogP contribution in [0.1, 0.15) is 45.6 Å². The summed E-state index contributed by atoms with van der Waals surface area (Å²) in [6.07, 6.45) is 6.38. The van der Waals surface area contributed by atoms with Crippen LogP contribution in [0.2, 0.25) is 5.28 Å². The molecule has 3 heterocycles. The molecule has 2 aliphatic carbocycles. The summed E-state index contributed by atoms with van der Waals surface area (Å²) in [4.78, 5) is 26.1. The van der Waals surface area contributed by atoms with Crippen molar-refractivity contribution in [2.45, 2.75) is 45.6 Å². The fourth-order valence-corrected chi connectivity index (χ4v) is 6.27. The van der Waals surface area contributed by atoms with Crippen LogP contribution in [0, 0.1) is 17.3 Å². The Morgan fingerprint density at radius 2 is 2.10 bits per heavy atom. The molecule has 1 unspecified atom stereocenters.